The van der Waals surface area contributed by atoms with Crippen LogP contribution < -0.4 is 9.47 Å². The van der Waals surface area contributed by atoms with E-state index in [4.69, 9.17) is 0 Å². The smallest absolute Gasteiger partial charge is 0.395 e. The predicted molar refractivity (Wildman–Crippen MR) is 59.0 cm³/mol. The number of carbonyl (C=O) groups excluding carboxylic acids is 1. The van der Waals surface area contributed by atoms with Crippen LogP contribution in [0.4, 0.5) is 8.78 Å². The molecule has 0 saturated heterocycles. The quantitative estimate of drug-likeness (QED) is 0.814. The van der Waals surface area contributed by atoms with Crippen LogP contribution in [-0.2, 0) is 10.2 Å². The van der Waals surface area contributed by atoms with E-state index in [-0.39, 0.29) is 17.3 Å². The van der Waals surface area contributed by atoms with Gasteiger partial charge in [0.05, 0.1) is 5.41 Å². The Labute approximate surface area is 103 Å². The minimum Gasteiger partial charge on any atom is -0.395 e. The fraction of sp³-hybridized carbons (Fsp3) is 0.462. The van der Waals surface area contributed by atoms with Crippen molar-refractivity contribution in [3.63, 3.8) is 0 Å². The zero-order valence-electron chi connectivity index (χ0n) is 10.0. The molecule has 0 aromatic heterocycles. The second-order valence-electron chi connectivity index (χ2n) is 4.93. The van der Waals surface area contributed by atoms with Gasteiger partial charge in [-0.05, 0) is 43.9 Å². The average Bonchev–Trinajstić information content (AvgIpc) is 2.98. The summed E-state index contributed by atoms with van der Waals surface area (Å²) in [5.74, 6) is 0.137. The number of halogens is 2. The van der Waals surface area contributed by atoms with Gasteiger partial charge in [-0.1, -0.05) is 6.07 Å². The Bertz CT molecular complexity index is 547. The van der Waals surface area contributed by atoms with E-state index < -0.39 is 11.7 Å². The van der Waals surface area contributed by atoms with E-state index in [1.165, 1.54) is 13.0 Å². The third-order valence-corrected chi connectivity index (χ3v) is 3.67. The third kappa shape index (κ3) is 1.50. The number of aryl methyl sites for hydroxylation is 1. The largest absolute Gasteiger partial charge is 0.586 e. The van der Waals surface area contributed by atoms with Crippen molar-refractivity contribution in [1.82, 2.24) is 0 Å². The van der Waals surface area contributed by atoms with Crippen molar-refractivity contribution in [2.45, 2.75) is 38.4 Å². The van der Waals surface area contributed by atoms with E-state index in [9.17, 15) is 13.6 Å². The molecule has 18 heavy (non-hydrogen) atoms. The van der Waals surface area contributed by atoms with Crippen molar-refractivity contribution in [2.75, 3.05) is 0 Å². The van der Waals surface area contributed by atoms with Crippen molar-refractivity contribution in [1.29, 1.82) is 0 Å². The number of Topliss-reactive ketones (excluding diaryl/α,β-unsaturated/α-hetero) is 1. The van der Waals surface area contributed by atoms with Crippen LogP contribution in [0.5, 0.6) is 11.5 Å². The maximum atomic E-state index is 13.0. The Balaban J connectivity index is 2.07. The van der Waals surface area contributed by atoms with Gasteiger partial charge in [-0.2, -0.15) is 0 Å². The van der Waals surface area contributed by atoms with Gasteiger partial charge in [0.25, 0.3) is 0 Å². The molecule has 5 heteroatoms. The van der Waals surface area contributed by atoms with Gasteiger partial charge in [-0.3, -0.25) is 4.79 Å². The monoisotopic (exact) mass is 254 g/mol. The molecular weight excluding hydrogens is 242 g/mol. The summed E-state index contributed by atoms with van der Waals surface area (Å²) in [6.07, 6.45) is -2.09. The number of alkyl halides is 2. The Hall–Kier alpha value is -1.65. The fourth-order valence-electron chi connectivity index (χ4n) is 2.46. The van der Waals surface area contributed by atoms with Gasteiger partial charge in [0.15, 0.2) is 11.5 Å². The molecule has 0 spiro atoms. The number of ether oxygens (including phenoxy) is 2. The second-order valence-corrected chi connectivity index (χ2v) is 4.93. The molecule has 0 amide bonds. The summed E-state index contributed by atoms with van der Waals surface area (Å²) < 4.78 is 34.9. The molecule has 0 radical (unpaired) electrons. The molecule has 0 unspecified atom stereocenters. The first-order valence-electron chi connectivity index (χ1n) is 5.76. The molecule has 2 aliphatic rings. The van der Waals surface area contributed by atoms with E-state index >= 15 is 0 Å². The van der Waals surface area contributed by atoms with Gasteiger partial charge < -0.3 is 9.47 Å². The molecule has 0 bridgehead atoms. The van der Waals surface area contributed by atoms with Crippen molar-refractivity contribution >= 4 is 5.78 Å². The van der Waals surface area contributed by atoms with Gasteiger partial charge in [0.2, 0.25) is 0 Å². The number of fused-ring (bicyclic) bond motifs is 1. The maximum Gasteiger partial charge on any atom is 0.586 e. The summed E-state index contributed by atoms with van der Waals surface area (Å²) in [5, 5.41) is 0. The third-order valence-electron chi connectivity index (χ3n) is 3.67. The summed E-state index contributed by atoms with van der Waals surface area (Å²) in [6.45, 7) is 3.20. The molecule has 1 aliphatic heterocycles. The van der Waals surface area contributed by atoms with E-state index in [0.717, 1.165) is 18.4 Å². The van der Waals surface area contributed by atoms with Gasteiger partial charge in [-0.15, -0.1) is 8.78 Å². The molecule has 1 saturated carbocycles. The van der Waals surface area contributed by atoms with Gasteiger partial charge >= 0.3 is 6.29 Å². The fourth-order valence-corrected chi connectivity index (χ4v) is 2.46. The second kappa shape index (κ2) is 3.22. The SMILES string of the molecule is CC(=O)C1(c2cc(C)c3c(c2)OC(F)(F)O3)CC1. The summed E-state index contributed by atoms with van der Waals surface area (Å²) in [5.41, 5.74) is 0.806. The van der Waals surface area contributed by atoms with Crippen LogP contribution in [0, 0.1) is 6.92 Å². The summed E-state index contributed by atoms with van der Waals surface area (Å²) in [6, 6.07) is 3.23. The van der Waals surface area contributed by atoms with Crippen molar-refractivity contribution < 1.29 is 23.0 Å². The topological polar surface area (TPSA) is 35.5 Å². The minimum atomic E-state index is -3.61. The first-order chi connectivity index (χ1) is 8.34. The molecule has 1 heterocycles. The maximum absolute atomic E-state index is 13.0. The highest BCUT2D eigenvalue weighted by molar-refractivity contribution is 5.91. The molecule has 1 aromatic rings. The molecule has 3 rings (SSSR count). The summed E-state index contributed by atoms with van der Waals surface area (Å²) in [4.78, 5) is 11.6. The Morgan fingerprint density at radius 2 is 1.94 bits per heavy atom. The highest BCUT2D eigenvalue weighted by Crippen LogP contribution is 2.53. The van der Waals surface area contributed by atoms with Crippen LogP contribution in [0.3, 0.4) is 0 Å². The van der Waals surface area contributed by atoms with E-state index in [0.29, 0.717) is 5.56 Å². The molecule has 1 aliphatic carbocycles. The van der Waals surface area contributed by atoms with Crippen LogP contribution in [0.25, 0.3) is 0 Å². The zero-order valence-corrected chi connectivity index (χ0v) is 10.0. The van der Waals surface area contributed by atoms with Crippen LogP contribution in [-0.4, -0.2) is 12.1 Å². The van der Waals surface area contributed by atoms with E-state index in [1.54, 1.807) is 13.0 Å². The lowest BCUT2D eigenvalue weighted by Crippen LogP contribution is -2.26. The highest BCUT2D eigenvalue weighted by Gasteiger charge is 2.51. The summed E-state index contributed by atoms with van der Waals surface area (Å²) >= 11 is 0. The van der Waals surface area contributed by atoms with E-state index in [2.05, 4.69) is 9.47 Å². The van der Waals surface area contributed by atoms with Crippen molar-refractivity contribution in [3.05, 3.63) is 23.3 Å². The zero-order chi connectivity index (χ0) is 13.1. The number of hydrogen-bond acceptors (Lipinski definition) is 3. The lowest BCUT2D eigenvalue weighted by molar-refractivity contribution is -0.286. The normalized spacial score (nSPS) is 21.8. The number of carbonyl (C=O) groups is 1. The number of benzene rings is 1. The van der Waals surface area contributed by atoms with Gasteiger partial charge in [0, 0.05) is 0 Å². The van der Waals surface area contributed by atoms with Crippen LogP contribution in [0.2, 0.25) is 0 Å². The predicted octanol–water partition coefficient (Wildman–Crippen LogP) is 2.94. The average molecular weight is 254 g/mol. The molecule has 1 aromatic carbocycles. The molecule has 0 N–H and O–H groups in total. The van der Waals surface area contributed by atoms with Crippen LogP contribution in [0.15, 0.2) is 12.1 Å². The van der Waals surface area contributed by atoms with Crippen molar-refractivity contribution in [2.24, 2.45) is 0 Å². The number of ketones is 1. The molecular formula is C13H12F2O3. The van der Waals surface area contributed by atoms with E-state index in [1.807, 2.05) is 0 Å². The lowest BCUT2D eigenvalue weighted by atomic mass is 9.90. The Morgan fingerprint density at radius 3 is 2.50 bits per heavy atom. The van der Waals surface area contributed by atoms with Crippen LogP contribution in [0.1, 0.15) is 30.9 Å². The molecule has 96 valence electrons. The standard InChI is InChI=1S/C13H12F2O3/c1-7-5-9(12(3-4-12)8(2)16)6-10-11(7)18-13(14,15)17-10/h5-6H,3-4H2,1-2H3. The summed E-state index contributed by atoms with van der Waals surface area (Å²) in [7, 11) is 0. The first kappa shape index (κ1) is 11.4. The molecule has 1 fully saturated rings. The first-order valence-corrected chi connectivity index (χ1v) is 5.76. The molecule has 3 nitrogen and oxygen atoms in total. The minimum absolute atomic E-state index is 0.0162. The van der Waals surface area contributed by atoms with Crippen molar-refractivity contribution in [3.8, 4) is 11.5 Å². The van der Waals surface area contributed by atoms with Crippen LogP contribution >= 0.6 is 0 Å². The Morgan fingerprint density at radius 1 is 1.28 bits per heavy atom. The number of hydrogen-bond donors (Lipinski definition) is 0. The lowest BCUT2D eigenvalue weighted by Gasteiger charge is -2.13. The van der Waals surface area contributed by atoms with Gasteiger partial charge in [-0.25, -0.2) is 0 Å². The Kier molecular flexibility index (Phi) is 2.04. The molecule has 0 atom stereocenters. The van der Waals surface area contributed by atoms with Gasteiger partial charge in [0.1, 0.15) is 5.78 Å². The highest BCUT2D eigenvalue weighted by atomic mass is 19.3. The number of rotatable bonds is 2.